The van der Waals surface area contributed by atoms with E-state index in [1.54, 1.807) is 19.1 Å². The van der Waals surface area contributed by atoms with Gasteiger partial charge in [-0.2, -0.15) is 0 Å². The van der Waals surface area contributed by atoms with Crippen LogP contribution in [-0.2, 0) is 0 Å². The van der Waals surface area contributed by atoms with E-state index < -0.39 is 6.36 Å². The molecule has 0 atom stereocenters. The SMILES string of the molecule is Cc1scc2cccc(OC(F)(F)F)c12. The van der Waals surface area contributed by atoms with Gasteiger partial charge in [0.25, 0.3) is 0 Å². The van der Waals surface area contributed by atoms with Crippen LogP contribution in [0, 0.1) is 6.92 Å². The second-order valence-electron chi connectivity index (χ2n) is 3.06. The minimum absolute atomic E-state index is 0.126. The van der Waals surface area contributed by atoms with Crippen LogP contribution in [0.25, 0.3) is 10.8 Å². The van der Waals surface area contributed by atoms with Gasteiger partial charge in [0.2, 0.25) is 0 Å². The highest BCUT2D eigenvalue weighted by Crippen LogP contribution is 2.35. The van der Waals surface area contributed by atoms with E-state index in [0.29, 0.717) is 5.39 Å². The van der Waals surface area contributed by atoms with Gasteiger partial charge in [0.15, 0.2) is 0 Å². The molecule has 0 saturated heterocycles. The summed E-state index contributed by atoms with van der Waals surface area (Å²) < 4.78 is 40.2. The average molecular weight is 232 g/mol. The maximum Gasteiger partial charge on any atom is 0.573 e. The maximum absolute atomic E-state index is 12.1. The summed E-state index contributed by atoms with van der Waals surface area (Å²) in [6.07, 6.45) is -4.64. The Kier molecular flexibility index (Phi) is 2.34. The van der Waals surface area contributed by atoms with Crippen LogP contribution in [0.1, 0.15) is 4.88 Å². The van der Waals surface area contributed by atoms with E-state index >= 15 is 0 Å². The molecule has 1 aromatic carbocycles. The molecule has 0 aliphatic carbocycles. The summed E-state index contributed by atoms with van der Waals surface area (Å²) in [6.45, 7) is 1.77. The molecule has 2 rings (SSSR count). The zero-order valence-electron chi connectivity index (χ0n) is 7.76. The molecule has 15 heavy (non-hydrogen) atoms. The molecule has 80 valence electrons. The van der Waals surface area contributed by atoms with Gasteiger partial charge in [-0.1, -0.05) is 12.1 Å². The lowest BCUT2D eigenvalue weighted by molar-refractivity contribution is -0.274. The fourth-order valence-electron chi connectivity index (χ4n) is 1.44. The number of aryl methyl sites for hydroxylation is 1. The van der Waals surface area contributed by atoms with Gasteiger partial charge in [0.05, 0.1) is 0 Å². The highest BCUT2D eigenvalue weighted by molar-refractivity contribution is 7.11. The van der Waals surface area contributed by atoms with Crippen LogP contribution in [0.4, 0.5) is 13.2 Å². The first-order valence-corrected chi connectivity index (χ1v) is 5.08. The van der Waals surface area contributed by atoms with Gasteiger partial charge in [0, 0.05) is 10.3 Å². The molecule has 0 unspecified atom stereocenters. The van der Waals surface area contributed by atoms with Crippen molar-refractivity contribution in [2.75, 3.05) is 0 Å². The Labute approximate surface area is 88.1 Å². The topological polar surface area (TPSA) is 9.23 Å². The first-order valence-electron chi connectivity index (χ1n) is 4.20. The molecule has 1 nitrogen and oxygen atoms in total. The van der Waals surface area contributed by atoms with Gasteiger partial charge < -0.3 is 4.74 Å². The van der Waals surface area contributed by atoms with Gasteiger partial charge in [-0.3, -0.25) is 0 Å². The summed E-state index contributed by atoms with van der Waals surface area (Å²) in [5.41, 5.74) is 0. The van der Waals surface area contributed by atoms with Crippen molar-refractivity contribution in [2.45, 2.75) is 13.3 Å². The predicted molar refractivity (Wildman–Crippen MR) is 53.2 cm³/mol. The molecule has 2 aromatic rings. The first kappa shape index (κ1) is 10.3. The second-order valence-corrected chi connectivity index (χ2v) is 4.14. The largest absolute Gasteiger partial charge is 0.573 e. The van der Waals surface area contributed by atoms with Crippen LogP contribution in [0.15, 0.2) is 23.6 Å². The van der Waals surface area contributed by atoms with E-state index in [1.165, 1.54) is 17.4 Å². The third-order valence-electron chi connectivity index (χ3n) is 2.00. The summed E-state index contributed by atoms with van der Waals surface area (Å²) in [5.74, 6) is -0.126. The van der Waals surface area contributed by atoms with Crippen molar-refractivity contribution in [3.63, 3.8) is 0 Å². The van der Waals surface area contributed by atoms with Crippen LogP contribution < -0.4 is 4.74 Å². The molecule has 0 spiro atoms. The van der Waals surface area contributed by atoms with Crippen molar-refractivity contribution in [1.82, 2.24) is 0 Å². The molecular formula is C10H7F3OS. The molecule has 1 heterocycles. The molecule has 0 bridgehead atoms. The molecule has 0 aliphatic heterocycles. The number of alkyl halides is 3. The smallest absolute Gasteiger partial charge is 0.405 e. The number of hydrogen-bond donors (Lipinski definition) is 0. The maximum atomic E-state index is 12.1. The van der Waals surface area contributed by atoms with Gasteiger partial charge in [0.1, 0.15) is 5.75 Å². The number of hydrogen-bond acceptors (Lipinski definition) is 2. The predicted octanol–water partition coefficient (Wildman–Crippen LogP) is 4.11. The summed E-state index contributed by atoms with van der Waals surface area (Å²) in [6, 6.07) is 4.65. The van der Waals surface area contributed by atoms with Gasteiger partial charge in [-0.25, -0.2) is 0 Å². The van der Waals surface area contributed by atoms with E-state index in [4.69, 9.17) is 0 Å². The number of ether oxygens (including phenoxy) is 1. The Morgan fingerprint density at radius 2 is 2.00 bits per heavy atom. The standard InChI is InChI=1S/C10H7F3OS/c1-6-9-7(5-15-6)3-2-4-8(9)14-10(11,12)13/h2-5H,1H3. The molecule has 0 fully saturated rings. The Balaban J connectivity index is 2.55. The summed E-state index contributed by atoms with van der Waals surface area (Å²) in [5, 5.41) is 3.13. The fourth-order valence-corrected chi connectivity index (χ4v) is 2.28. The highest BCUT2D eigenvalue weighted by atomic mass is 32.1. The molecule has 0 aliphatic rings. The number of rotatable bonds is 1. The summed E-state index contributed by atoms with van der Waals surface area (Å²) >= 11 is 1.41. The number of halogens is 3. The van der Waals surface area contributed by atoms with Crippen molar-refractivity contribution in [3.8, 4) is 5.75 Å². The molecule has 0 radical (unpaired) electrons. The van der Waals surface area contributed by atoms with Crippen LogP contribution in [-0.4, -0.2) is 6.36 Å². The van der Waals surface area contributed by atoms with E-state index in [2.05, 4.69) is 4.74 Å². The van der Waals surface area contributed by atoms with E-state index in [-0.39, 0.29) is 5.75 Å². The molecule has 0 N–H and O–H groups in total. The Hall–Kier alpha value is -1.23. The van der Waals surface area contributed by atoms with Crippen LogP contribution in [0.5, 0.6) is 5.75 Å². The lowest BCUT2D eigenvalue weighted by Gasteiger charge is -2.10. The fraction of sp³-hybridized carbons (Fsp3) is 0.200. The zero-order valence-corrected chi connectivity index (χ0v) is 8.58. The van der Waals surface area contributed by atoms with Gasteiger partial charge in [-0.15, -0.1) is 24.5 Å². The average Bonchev–Trinajstić information content (AvgIpc) is 2.46. The minimum atomic E-state index is -4.64. The van der Waals surface area contributed by atoms with Crippen molar-refractivity contribution in [1.29, 1.82) is 0 Å². The van der Waals surface area contributed by atoms with Crippen LogP contribution in [0.2, 0.25) is 0 Å². The Bertz CT molecular complexity index is 487. The minimum Gasteiger partial charge on any atom is -0.405 e. The normalized spacial score (nSPS) is 12.0. The Morgan fingerprint density at radius 3 is 2.67 bits per heavy atom. The van der Waals surface area contributed by atoms with Gasteiger partial charge in [-0.05, 0) is 23.8 Å². The zero-order chi connectivity index (χ0) is 11.1. The third-order valence-corrected chi connectivity index (χ3v) is 2.93. The van der Waals surface area contributed by atoms with Gasteiger partial charge >= 0.3 is 6.36 Å². The highest BCUT2D eigenvalue weighted by Gasteiger charge is 2.32. The van der Waals surface area contributed by atoms with Crippen molar-refractivity contribution >= 4 is 22.1 Å². The van der Waals surface area contributed by atoms with Crippen molar-refractivity contribution in [2.24, 2.45) is 0 Å². The molecule has 0 saturated carbocycles. The lowest BCUT2D eigenvalue weighted by Crippen LogP contribution is -2.17. The van der Waals surface area contributed by atoms with Crippen LogP contribution >= 0.6 is 11.3 Å². The summed E-state index contributed by atoms with van der Waals surface area (Å²) in [4.78, 5) is 0.824. The van der Waals surface area contributed by atoms with Crippen molar-refractivity contribution in [3.05, 3.63) is 28.5 Å². The molecule has 5 heteroatoms. The summed E-state index contributed by atoms with van der Waals surface area (Å²) in [7, 11) is 0. The quantitative estimate of drug-likeness (QED) is 0.719. The number of benzene rings is 1. The third kappa shape index (κ3) is 2.07. The lowest BCUT2D eigenvalue weighted by atomic mass is 10.2. The van der Waals surface area contributed by atoms with Crippen molar-refractivity contribution < 1.29 is 17.9 Å². The first-order chi connectivity index (χ1) is 6.97. The monoisotopic (exact) mass is 232 g/mol. The second kappa shape index (κ2) is 3.41. The number of thiophene rings is 1. The van der Waals surface area contributed by atoms with E-state index in [0.717, 1.165) is 10.3 Å². The van der Waals surface area contributed by atoms with E-state index in [1.807, 2.05) is 5.38 Å². The molecule has 1 aromatic heterocycles. The van der Waals surface area contributed by atoms with Crippen LogP contribution in [0.3, 0.4) is 0 Å². The molecular weight excluding hydrogens is 225 g/mol. The number of fused-ring (bicyclic) bond motifs is 1. The van der Waals surface area contributed by atoms with E-state index in [9.17, 15) is 13.2 Å². The Morgan fingerprint density at radius 1 is 1.27 bits per heavy atom. The molecule has 0 amide bonds.